The van der Waals surface area contributed by atoms with Crippen LogP contribution in [0, 0.1) is 52.3 Å². The third-order valence-corrected chi connectivity index (χ3v) is 13.6. The van der Waals surface area contributed by atoms with Gasteiger partial charge in [0.15, 0.2) is 0 Å². The van der Waals surface area contributed by atoms with E-state index in [0.29, 0.717) is 58.4 Å². The summed E-state index contributed by atoms with van der Waals surface area (Å²) in [6, 6.07) is 7.54. The van der Waals surface area contributed by atoms with E-state index in [4.69, 9.17) is 14.2 Å². The standard InChI is InChI=1S/C34H47BrO4/c1-19-15-29(37-18-19)31-20(2)30-28(39-31)17-27-25-10-7-22-16-24(38-32(36)21-5-8-23(35)9-6-21)11-13-33(22,3)26(25)12-14-34(27,30)4/h5-6,8-9,19-20,22,24-31H,7,10-18H2,1-4H3/t19-,20+,22+,24+,25-,26+,27+,28+,29-,30+,31+,33+,34+/m1/s1. The molecule has 0 spiro atoms. The topological polar surface area (TPSA) is 44.8 Å². The van der Waals surface area contributed by atoms with Gasteiger partial charge in [0, 0.05) is 11.1 Å². The third kappa shape index (κ3) is 4.30. The lowest BCUT2D eigenvalue weighted by molar-refractivity contribution is -0.133. The van der Waals surface area contributed by atoms with Crippen molar-refractivity contribution in [2.45, 2.75) is 110 Å². The summed E-state index contributed by atoms with van der Waals surface area (Å²) in [5, 5.41) is 0. The number of hydrogen-bond donors (Lipinski definition) is 0. The van der Waals surface area contributed by atoms with Gasteiger partial charge in [-0.05, 0) is 134 Å². The van der Waals surface area contributed by atoms with Crippen LogP contribution in [-0.4, -0.2) is 37.0 Å². The molecule has 0 aromatic heterocycles. The lowest BCUT2D eigenvalue weighted by Crippen LogP contribution is -2.54. The molecule has 39 heavy (non-hydrogen) atoms. The smallest absolute Gasteiger partial charge is 0.338 e. The van der Waals surface area contributed by atoms with Crippen molar-refractivity contribution in [3.05, 3.63) is 34.3 Å². The Hall–Kier alpha value is -0.910. The molecule has 1 aromatic rings. The first-order valence-corrected chi connectivity index (χ1v) is 16.7. The van der Waals surface area contributed by atoms with Gasteiger partial charge < -0.3 is 14.2 Å². The van der Waals surface area contributed by atoms with Crippen LogP contribution in [0.3, 0.4) is 0 Å². The molecule has 13 atom stereocenters. The van der Waals surface area contributed by atoms with Gasteiger partial charge in [-0.2, -0.15) is 0 Å². The molecule has 0 N–H and O–H groups in total. The number of halogens is 1. The number of esters is 1. The highest BCUT2D eigenvalue weighted by Gasteiger charge is 2.66. The number of rotatable bonds is 3. The van der Waals surface area contributed by atoms with Crippen molar-refractivity contribution in [1.82, 2.24) is 0 Å². The Labute approximate surface area is 243 Å². The molecule has 0 amide bonds. The predicted octanol–water partition coefficient (Wildman–Crippen LogP) is 8.07. The summed E-state index contributed by atoms with van der Waals surface area (Å²) >= 11 is 3.46. The highest BCUT2D eigenvalue weighted by atomic mass is 79.9. The number of carbonyl (C=O) groups excluding carboxylic acids is 1. The maximum Gasteiger partial charge on any atom is 0.338 e. The van der Waals surface area contributed by atoms with E-state index in [0.717, 1.165) is 41.7 Å². The Bertz CT molecular complexity index is 1090. The highest BCUT2D eigenvalue weighted by molar-refractivity contribution is 9.10. The zero-order valence-electron chi connectivity index (χ0n) is 24.2. The lowest BCUT2D eigenvalue weighted by Gasteiger charge is -2.61. The van der Waals surface area contributed by atoms with E-state index in [2.05, 4.69) is 43.6 Å². The quantitative estimate of drug-likeness (QED) is 0.330. The molecule has 4 nitrogen and oxygen atoms in total. The van der Waals surface area contributed by atoms with Crippen LogP contribution >= 0.6 is 15.9 Å². The average molecular weight is 600 g/mol. The van der Waals surface area contributed by atoms with E-state index in [-0.39, 0.29) is 12.1 Å². The monoisotopic (exact) mass is 598 g/mol. The van der Waals surface area contributed by atoms with Gasteiger partial charge >= 0.3 is 5.97 Å². The summed E-state index contributed by atoms with van der Waals surface area (Å²) in [6.07, 6.45) is 12.1. The van der Waals surface area contributed by atoms with Crippen molar-refractivity contribution in [1.29, 1.82) is 0 Å². The van der Waals surface area contributed by atoms with Gasteiger partial charge in [-0.1, -0.05) is 43.6 Å². The minimum atomic E-state index is -0.166. The van der Waals surface area contributed by atoms with E-state index in [9.17, 15) is 4.79 Å². The molecule has 7 rings (SSSR count). The van der Waals surface area contributed by atoms with Gasteiger partial charge in [-0.15, -0.1) is 0 Å². The van der Waals surface area contributed by atoms with Gasteiger partial charge in [0.05, 0.1) is 23.9 Å². The molecular formula is C34H47BrO4. The summed E-state index contributed by atoms with van der Waals surface area (Å²) in [5.41, 5.74) is 1.44. The van der Waals surface area contributed by atoms with Gasteiger partial charge in [0.1, 0.15) is 6.10 Å². The fourth-order valence-corrected chi connectivity index (χ4v) is 11.5. The van der Waals surface area contributed by atoms with Crippen molar-refractivity contribution >= 4 is 21.9 Å². The molecule has 0 bridgehead atoms. The van der Waals surface area contributed by atoms with Crippen LogP contribution in [0.25, 0.3) is 0 Å². The van der Waals surface area contributed by atoms with Gasteiger partial charge in [-0.25, -0.2) is 4.79 Å². The maximum atomic E-state index is 12.8. The molecule has 0 unspecified atom stereocenters. The van der Waals surface area contributed by atoms with Crippen LogP contribution < -0.4 is 0 Å². The Morgan fingerprint density at radius 3 is 2.44 bits per heavy atom. The SMILES string of the molecule is C[C@H]1CO[C@@H]([C@H]2O[C@H]3C[C@H]4[C@@H]5CC[C@H]6C[C@@H](OC(=O)c7ccc(Br)cc7)CC[C@]6(C)[C@H]5CC[C@]4(C)[C@H]3[C@@H]2C)C1. The Kier molecular flexibility index (Phi) is 6.80. The van der Waals surface area contributed by atoms with Crippen LogP contribution in [-0.2, 0) is 14.2 Å². The van der Waals surface area contributed by atoms with Gasteiger partial charge in [-0.3, -0.25) is 0 Å². The Morgan fingerprint density at radius 1 is 0.923 bits per heavy atom. The first-order chi connectivity index (χ1) is 18.7. The molecule has 4 saturated carbocycles. The normalized spacial score (nSPS) is 50.5. The number of ether oxygens (including phenoxy) is 3. The molecule has 6 aliphatic rings. The molecule has 5 heteroatoms. The summed E-state index contributed by atoms with van der Waals surface area (Å²) in [4.78, 5) is 12.8. The molecule has 1 aromatic carbocycles. The minimum Gasteiger partial charge on any atom is -0.459 e. The lowest BCUT2D eigenvalue weighted by atomic mass is 9.44. The largest absolute Gasteiger partial charge is 0.459 e. The van der Waals surface area contributed by atoms with Crippen molar-refractivity contribution in [2.75, 3.05) is 6.61 Å². The predicted molar refractivity (Wildman–Crippen MR) is 155 cm³/mol. The molecule has 2 saturated heterocycles. The second-order valence-electron chi connectivity index (χ2n) is 15.0. The molecule has 4 aliphatic carbocycles. The fourth-order valence-electron chi connectivity index (χ4n) is 11.2. The number of benzene rings is 1. The van der Waals surface area contributed by atoms with E-state index in [1.807, 2.05) is 24.3 Å². The zero-order chi connectivity index (χ0) is 27.1. The maximum absolute atomic E-state index is 12.8. The Morgan fingerprint density at radius 2 is 1.69 bits per heavy atom. The highest BCUT2D eigenvalue weighted by Crippen LogP contribution is 2.70. The molecule has 6 fully saturated rings. The Balaban J connectivity index is 1.03. The van der Waals surface area contributed by atoms with Gasteiger partial charge in [0.25, 0.3) is 0 Å². The van der Waals surface area contributed by atoms with Crippen LogP contribution in [0.2, 0.25) is 0 Å². The second kappa shape index (κ2) is 9.83. The zero-order valence-corrected chi connectivity index (χ0v) is 25.8. The first kappa shape index (κ1) is 27.0. The van der Waals surface area contributed by atoms with Gasteiger partial charge in [0.2, 0.25) is 0 Å². The molecule has 214 valence electrons. The summed E-state index contributed by atoms with van der Waals surface area (Å²) < 4.78 is 20.2. The summed E-state index contributed by atoms with van der Waals surface area (Å²) in [6.45, 7) is 11.0. The van der Waals surface area contributed by atoms with Crippen molar-refractivity contribution in [3.63, 3.8) is 0 Å². The summed E-state index contributed by atoms with van der Waals surface area (Å²) in [5.74, 6) is 4.88. The minimum absolute atomic E-state index is 0.0576. The van der Waals surface area contributed by atoms with Crippen molar-refractivity contribution < 1.29 is 19.0 Å². The van der Waals surface area contributed by atoms with Crippen LogP contribution in [0.5, 0.6) is 0 Å². The van der Waals surface area contributed by atoms with Crippen LogP contribution in [0.15, 0.2) is 28.7 Å². The molecule has 2 aliphatic heterocycles. The first-order valence-electron chi connectivity index (χ1n) is 15.9. The van der Waals surface area contributed by atoms with E-state index in [1.165, 1.54) is 44.9 Å². The number of fused-ring (bicyclic) bond motifs is 7. The second-order valence-corrected chi connectivity index (χ2v) is 15.9. The van der Waals surface area contributed by atoms with Crippen molar-refractivity contribution in [2.24, 2.45) is 52.3 Å². The van der Waals surface area contributed by atoms with E-state index < -0.39 is 0 Å². The summed E-state index contributed by atoms with van der Waals surface area (Å²) in [7, 11) is 0. The number of carbonyl (C=O) groups is 1. The van der Waals surface area contributed by atoms with E-state index in [1.54, 1.807) is 0 Å². The van der Waals surface area contributed by atoms with Crippen LogP contribution in [0.4, 0.5) is 0 Å². The molecule has 2 heterocycles. The molecular weight excluding hydrogens is 552 g/mol. The molecule has 0 radical (unpaired) electrons. The number of hydrogen-bond acceptors (Lipinski definition) is 4. The van der Waals surface area contributed by atoms with Crippen LogP contribution in [0.1, 0.15) is 95.8 Å². The van der Waals surface area contributed by atoms with E-state index >= 15 is 0 Å². The third-order valence-electron chi connectivity index (χ3n) is 13.1. The average Bonchev–Trinajstić information content (AvgIpc) is 3.57. The van der Waals surface area contributed by atoms with Crippen molar-refractivity contribution in [3.8, 4) is 0 Å². The fraction of sp³-hybridized carbons (Fsp3) is 0.794.